The van der Waals surface area contributed by atoms with Crippen LogP contribution in [0.4, 0.5) is 17.5 Å². The van der Waals surface area contributed by atoms with Crippen molar-refractivity contribution in [2.24, 2.45) is 0 Å². The van der Waals surface area contributed by atoms with Gasteiger partial charge in [-0.3, -0.25) is 0 Å². The van der Waals surface area contributed by atoms with Crippen LogP contribution in [0.25, 0.3) is 10.9 Å². The van der Waals surface area contributed by atoms with Crippen LogP contribution in [0.5, 0.6) is 11.5 Å². The fourth-order valence-corrected chi connectivity index (χ4v) is 3.74. The van der Waals surface area contributed by atoms with Crippen molar-refractivity contribution >= 4 is 39.7 Å². The van der Waals surface area contributed by atoms with Crippen LogP contribution in [0.3, 0.4) is 0 Å². The first-order chi connectivity index (χ1) is 14.2. The maximum atomic E-state index is 5.35. The zero-order valence-corrected chi connectivity index (χ0v) is 17.1. The molecule has 148 valence electrons. The molecule has 0 aliphatic carbocycles. The lowest BCUT2D eigenvalue weighted by Crippen LogP contribution is -2.08. The molecule has 2 N–H and O–H groups in total. The highest BCUT2D eigenvalue weighted by molar-refractivity contribution is 7.09. The van der Waals surface area contributed by atoms with Gasteiger partial charge >= 0.3 is 0 Å². The van der Waals surface area contributed by atoms with E-state index in [1.807, 2.05) is 42.5 Å². The summed E-state index contributed by atoms with van der Waals surface area (Å²) in [4.78, 5) is 10.7. The SMILES string of the molecule is COc1cc(Nc2nc(NCCc3cccs3)c3ccccc3n2)cc(OC)c1. The fourth-order valence-electron chi connectivity index (χ4n) is 3.03. The summed E-state index contributed by atoms with van der Waals surface area (Å²) < 4.78 is 10.7. The van der Waals surface area contributed by atoms with Crippen molar-refractivity contribution < 1.29 is 9.47 Å². The number of anilines is 3. The second-order valence-corrected chi connectivity index (χ2v) is 7.43. The molecule has 0 atom stereocenters. The number of ether oxygens (including phenoxy) is 2. The summed E-state index contributed by atoms with van der Waals surface area (Å²) in [5, 5.41) is 9.82. The van der Waals surface area contributed by atoms with Crippen molar-refractivity contribution in [2.75, 3.05) is 31.4 Å². The van der Waals surface area contributed by atoms with Crippen LogP contribution in [-0.2, 0) is 6.42 Å². The Hall–Kier alpha value is -3.32. The van der Waals surface area contributed by atoms with E-state index in [1.54, 1.807) is 25.6 Å². The van der Waals surface area contributed by atoms with E-state index in [1.165, 1.54) is 4.88 Å². The summed E-state index contributed by atoms with van der Waals surface area (Å²) in [7, 11) is 3.25. The third kappa shape index (κ3) is 4.57. The van der Waals surface area contributed by atoms with Gasteiger partial charge in [-0.1, -0.05) is 18.2 Å². The van der Waals surface area contributed by atoms with Gasteiger partial charge in [0, 0.05) is 40.7 Å². The first kappa shape index (κ1) is 19.0. The Morgan fingerprint density at radius 1 is 0.931 bits per heavy atom. The Morgan fingerprint density at radius 2 is 1.72 bits per heavy atom. The van der Waals surface area contributed by atoms with Crippen LogP contribution in [0, 0.1) is 0 Å². The number of benzene rings is 2. The smallest absolute Gasteiger partial charge is 0.229 e. The molecule has 0 radical (unpaired) electrons. The normalized spacial score (nSPS) is 10.7. The van der Waals surface area contributed by atoms with Crippen molar-refractivity contribution in [3.8, 4) is 11.5 Å². The number of hydrogen-bond donors (Lipinski definition) is 2. The van der Waals surface area contributed by atoms with Crippen LogP contribution in [0.15, 0.2) is 60.0 Å². The van der Waals surface area contributed by atoms with E-state index in [0.717, 1.165) is 35.4 Å². The molecule has 0 aliphatic heterocycles. The van der Waals surface area contributed by atoms with Crippen LogP contribution in [0.1, 0.15) is 4.88 Å². The number of rotatable bonds is 8. The van der Waals surface area contributed by atoms with Gasteiger partial charge in [0.1, 0.15) is 17.3 Å². The molecule has 2 aromatic heterocycles. The number of nitrogens with zero attached hydrogens (tertiary/aromatic N) is 2. The zero-order valence-electron chi connectivity index (χ0n) is 16.3. The van der Waals surface area contributed by atoms with Crippen molar-refractivity contribution in [1.29, 1.82) is 0 Å². The lowest BCUT2D eigenvalue weighted by molar-refractivity contribution is 0.395. The van der Waals surface area contributed by atoms with E-state index in [0.29, 0.717) is 17.4 Å². The van der Waals surface area contributed by atoms with Gasteiger partial charge in [-0.25, -0.2) is 4.98 Å². The average Bonchev–Trinajstić information content (AvgIpc) is 3.27. The monoisotopic (exact) mass is 406 g/mol. The molecule has 0 saturated heterocycles. The first-order valence-electron chi connectivity index (χ1n) is 9.28. The summed E-state index contributed by atoms with van der Waals surface area (Å²) in [5.41, 5.74) is 1.67. The minimum absolute atomic E-state index is 0.512. The molecular weight excluding hydrogens is 384 g/mol. The Balaban J connectivity index is 1.61. The highest BCUT2D eigenvalue weighted by Gasteiger charge is 2.09. The third-order valence-electron chi connectivity index (χ3n) is 4.45. The lowest BCUT2D eigenvalue weighted by atomic mass is 10.2. The van der Waals surface area contributed by atoms with Crippen LogP contribution < -0.4 is 20.1 Å². The molecule has 0 saturated carbocycles. The van der Waals surface area contributed by atoms with Gasteiger partial charge in [-0.05, 0) is 30.0 Å². The van der Waals surface area contributed by atoms with E-state index in [9.17, 15) is 0 Å². The molecule has 0 unspecified atom stereocenters. The molecule has 6 nitrogen and oxygen atoms in total. The largest absolute Gasteiger partial charge is 0.497 e. The number of aromatic nitrogens is 2. The maximum absolute atomic E-state index is 5.35. The quantitative estimate of drug-likeness (QED) is 0.424. The van der Waals surface area contributed by atoms with Crippen LogP contribution in [0.2, 0.25) is 0 Å². The van der Waals surface area contributed by atoms with Gasteiger partial charge in [0.05, 0.1) is 19.7 Å². The molecule has 0 bridgehead atoms. The van der Waals surface area contributed by atoms with Gasteiger partial charge in [0.25, 0.3) is 0 Å². The molecule has 0 amide bonds. The molecule has 4 aromatic rings. The number of methoxy groups -OCH3 is 2. The zero-order chi connectivity index (χ0) is 20.1. The summed E-state index contributed by atoms with van der Waals surface area (Å²) in [6.45, 7) is 0.800. The number of para-hydroxylation sites is 1. The Labute approximate surface area is 173 Å². The number of fused-ring (bicyclic) bond motifs is 1. The Bertz CT molecular complexity index is 1080. The number of nitrogens with one attached hydrogen (secondary N) is 2. The van der Waals surface area contributed by atoms with E-state index >= 15 is 0 Å². The van der Waals surface area contributed by atoms with Gasteiger partial charge < -0.3 is 20.1 Å². The van der Waals surface area contributed by atoms with Crippen molar-refractivity contribution in [1.82, 2.24) is 9.97 Å². The second-order valence-electron chi connectivity index (χ2n) is 6.40. The topological polar surface area (TPSA) is 68.3 Å². The molecule has 0 fully saturated rings. The maximum Gasteiger partial charge on any atom is 0.229 e. The summed E-state index contributed by atoms with van der Waals surface area (Å²) >= 11 is 1.76. The van der Waals surface area contributed by atoms with Crippen molar-refractivity contribution in [3.05, 3.63) is 64.9 Å². The predicted octanol–water partition coefficient (Wildman–Crippen LogP) is 5.11. The van der Waals surface area contributed by atoms with Crippen molar-refractivity contribution in [3.63, 3.8) is 0 Å². The highest BCUT2D eigenvalue weighted by atomic mass is 32.1. The highest BCUT2D eigenvalue weighted by Crippen LogP contribution is 2.29. The first-order valence-corrected chi connectivity index (χ1v) is 10.2. The summed E-state index contributed by atoms with van der Waals surface area (Å²) in [5.74, 6) is 2.71. The van der Waals surface area contributed by atoms with Gasteiger partial charge in [0.2, 0.25) is 5.95 Å². The van der Waals surface area contributed by atoms with Gasteiger partial charge in [-0.2, -0.15) is 4.98 Å². The molecule has 29 heavy (non-hydrogen) atoms. The minimum atomic E-state index is 0.512. The van der Waals surface area contributed by atoms with E-state index in [2.05, 4.69) is 33.1 Å². The summed E-state index contributed by atoms with van der Waals surface area (Å²) in [6.07, 6.45) is 0.950. The molecule has 2 aromatic carbocycles. The average molecular weight is 407 g/mol. The predicted molar refractivity (Wildman–Crippen MR) is 119 cm³/mol. The van der Waals surface area contributed by atoms with Crippen LogP contribution in [-0.4, -0.2) is 30.7 Å². The van der Waals surface area contributed by atoms with Crippen LogP contribution >= 0.6 is 11.3 Å². The molecule has 0 aliphatic rings. The Kier molecular flexibility index (Phi) is 5.76. The molecular formula is C22H22N4O2S. The molecule has 4 rings (SSSR count). The third-order valence-corrected chi connectivity index (χ3v) is 5.39. The molecule has 7 heteroatoms. The van der Waals surface area contributed by atoms with Crippen molar-refractivity contribution in [2.45, 2.75) is 6.42 Å². The lowest BCUT2D eigenvalue weighted by Gasteiger charge is -2.13. The summed E-state index contributed by atoms with van der Waals surface area (Å²) in [6, 6.07) is 17.8. The number of hydrogen-bond acceptors (Lipinski definition) is 7. The fraction of sp³-hybridized carbons (Fsp3) is 0.182. The minimum Gasteiger partial charge on any atom is -0.497 e. The number of thiophene rings is 1. The second kappa shape index (κ2) is 8.79. The van der Waals surface area contributed by atoms with E-state index in [-0.39, 0.29) is 0 Å². The van der Waals surface area contributed by atoms with E-state index < -0.39 is 0 Å². The van der Waals surface area contributed by atoms with E-state index in [4.69, 9.17) is 14.5 Å². The molecule has 2 heterocycles. The van der Waals surface area contributed by atoms with Gasteiger partial charge in [-0.15, -0.1) is 11.3 Å². The standard InChI is InChI=1S/C22H22N4O2S/c1-27-16-12-15(13-17(14-16)28-2)24-22-25-20-8-4-3-7-19(20)21(26-22)23-10-9-18-6-5-11-29-18/h3-8,11-14H,9-10H2,1-2H3,(H2,23,24,25,26). The van der Waals surface area contributed by atoms with Gasteiger partial charge in [0.15, 0.2) is 0 Å². The molecule has 0 spiro atoms. The Morgan fingerprint density at radius 3 is 2.45 bits per heavy atom.